The Morgan fingerprint density at radius 1 is 0.373 bits per heavy atom. The highest BCUT2D eigenvalue weighted by Gasteiger charge is 2.24. The first-order valence-corrected chi connectivity index (χ1v) is 16.7. The minimum absolute atomic E-state index is 0.457. The third-order valence-corrected chi connectivity index (χ3v) is 9.55. The number of hydrogen-bond acceptors (Lipinski definition) is 7. The minimum atomic E-state index is 0.457. The number of rotatable bonds is 4. The molecule has 4 aromatic heterocycles. The Balaban J connectivity index is 1.16. The van der Waals surface area contributed by atoms with E-state index in [-0.39, 0.29) is 0 Å². The van der Waals surface area contributed by atoms with Crippen LogP contribution in [0.25, 0.3) is 111 Å². The molecule has 4 heterocycles. The lowest BCUT2D eigenvalue weighted by Gasteiger charge is -2.09. The molecule has 0 saturated heterocycles. The van der Waals surface area contributed by atoms with Crippen molar-refractivity contribution in [2.75, 3.05) is 0 Å². The van der Waals surface area contributed by atoms with Gasteiger partial charge in [0.25, 0.3) is 0 Å². The SMILES string of the molecule is c1ccc(-c2nc(-c3ccc4c(c3)oc3ccccc34)nc(-c3cc4oc(-c5ccc6ccccc6c5)nc4c4c3oc3ccccc34)n2)cc1. The predicted molar refractivity (Wildman–Crippen MR) is 201 cm³/mol. The molecule has 0 radical (unpaired) electrons. The summed E-state index contributed by atoms with van der Waals surface area (Å²) in [5.74, 6) is 2.04. The normalized spacial score (nSPS) is 11.9. The van der Waals surface area contributed by atoms with Crippen LogP contribution >= 0.6 is 0 Å². The molecule has 0 fully saturated rings. The molecule has 0 aliphatic carbocycles. The molecule has 7 nitrogen and oxygen atoms in total. The molecule has 7 aromatic carbocycles. The van der Waals surface area contributed by atoms with Gasteiger partial charge in [0.2, 0.25) is 5.89 Å². The monoisotopic (exact) mass is 656 g/mol. The van der Waals surface area contributed by atoms with Gasteiger partial charge in [-0.05, 0) is 53.2 Å². The number of nitrogens with zero attached hydrogens (tertiary/aromatic N) is 4. The van der Waals surface area contributed by atoms with Gasteiger partial charge in [-0.25, -0.2) is 19.9 Å². The Labute approximate surface area is 289 Å². The Morgan fingerprint density at radius 3 is 1.90 bits per heavy atom. The maximum Gasteiger partial charge on any atom is 0.227 e. The highest BCUT2D eigenvalue weighted by atomic mass is 16.4. The lowest BCUT2D eigenvalue weighted by Crippen LogP contribution is -2.00. The third-order valence-electron chi connectivity index (χ3n) is 9.55. The molecule has 11 rings (SSSR count). The van der Waals surface area contributed by atoms with Crippen LogP contribution in [0.3, 0.4) is 0 Å². The van der Waals surface area contributed by atoms with E-state index in [0.29, 0.717) is 40.1 Å². The second kappa shape index (κ2) is 10.7. The van der Waals surface area contributed by atoms with Crippen LogP contribution in [0.15, 0.2) is 159 Å². The van der Waals surface area contributed by atoms with Crippen molar-refractivity contribution in [2.24, 2.45) is 0 Å². The van der Waals surface area contributed by atoms with Gasteiger partial charge in [0.1, 0.15) is 27.8 Å². The van der Waals surface area contributed by atoms with Gasteiger partial charge in [-0.1, -0.05) is 103 Å². The number of fused-ring (bicyclic) bond motifs is 9. The van der Waals surface area contributed by atoms with Crippen molar-refractivity contribution in [3.8, 4) is 45.6 Å². The molecule has 238 valence electrons. The van der Waals surface area contributed by atoms with Gasteiger partial charge in [-0.3, -0.25) is 0 Å². The van der Waals surface area contributed by atoms with Crippen LogP contribution in [0.4, 0.5) is 0 Å². The fraction of sp³-hybridized carbons (Fsp3) is 0. The summed E-state index contributed by atoms with van der Waals surface area (Å²) < 4.78 is 19.4. The molecule has 0 spiro atoms. The summed E-state index contributed by atoms with van der Waals surface area (Å²) in [4.78, 5) is 20.2. The molecule has 51 heavy (non-hydrogen) atoms. The summed E-state index contributed by atoms with van der Waals surface area (Å²) in [6.45, 7) is 0. The van der Waals surface area contributed by atoms with Crippen molar-refractivity contribution in [1.29, 1.82) is 0 Å². The zero-order valence-electron chi connectivity index (χ0n) is 26.9. The van der Waals surface area contributed by atoms with Crippen molar-refractivity contribution in [2.45, 2.75) is 0 Å². The molecular formula is C44H24N4O3. The van der Waals surface area contributed by atoms with Crippen molar-refractivity contribution in [1.82, 2.24) is 19.9 Å². The average molecular weight is 657 g/mol. The number of oxazole rings is 1. The van der Waals surface area contributed by atoms with Crippen LogP contribution < -0.4 is 0 Å². The maximum absolute atomic E-state index is 6.60. The second-order valence-corrected chi connectivity index (χ2v) is 12.6. The molecule has 11 aromatic rings. The summed E-state index contributed by atoms with van der Waals surface area (Å²) in [6.07, 6.45) is 0. The predicted octanol–water partition coefficient (Wildman–Crippen LogP) is 11.6. The molecule has 0 bridgehead atoms. The number of para-hydroxylation sites is 2. The quantitative estimate of drug-likeness (QED) is 0.186. The Kier molecular flexibility index (Phi) is 5.83. The summed E-state index contributed by atoms with van der Waals surface area (Å²) >= 11 is 0. The molecule has 0 saturated carbocycles. The fourth-order valence-corrected chi connectivity index (χ4v) is 7.09. The van der Waals surface area contributed by atoms with Crippen molar-refractivity contribution in [3.63, 3.8) is 0 Å². The second-order valence-electron chi connectivity index (χ2n) is 12.6. The van der Waals surface area contributed by atoms with Crippen molar-refractivity contribution in [3.05, 3.63) is 146 Å². The Bertz CT molecular complexity index is 3160. The summed E-state index contributed by atoms with van der Waals surface area (Å²) in [7, 11) is 0. The van der Waals surface area contributed by atoms with E-state index in [9.17, 15) is 0 Å². The molecule has 0 aliphatic heterocycles. The largest absolute Gasteiger partial charge is 0.456 e. The van der Waals surface area contributed by atoms with E-state index in [1.165, 1.54) is 0 Å². The number of hydrogen-bond donors (Lipinski definition) is 0. The number of furan rings is 2. The van der Waals surface area contributed by atoms with E-state index >= 15 is 0 Å². The van der Waals surface area contributed by atoms with E-state index in [2.05, 4.69) is 36.4 Å². The van der Waals surface area contributed by atoms with Crippen LogP contribution in [-0.2, 0) is 0 Å². The first kappa shape index (κ1) is 27.8. The molecule has 0 unspecified atom stereocenters. The van der Waals surface area contributed by atoms with Crippen LogP contribution in [0.1, 0.15) is 0 Å². The van der Waals surface area contributed by atoms with E-state index < -0.39 is 0 Å². The number of benzene rings is 7. The molecule has 0 amide bonds. The highest BCUT2D eigenvalue weighted by Crippen LogP contribution is 2.42. The van der Waals surface area contributed by atoms with E-state index in [4.69, 9.17) is 33.2 Å². The summed E-state index contributed by atoms with van der Waals surface area (Å²) in [5, 5.41) is 6.16. The van der Waals surface area contributed by atoms with E-state index in [0.717, 1.165) is 71.3 Å². The lowest BCUT2D eigenvalue weighted by molar-refractivity contribution is 0.619. The highest BCUT2D eigenvalue weighted by molar-refractivity contribution is 6.20. The lowest BCUT2D eigenvalue weighted by atomic mass is 10.1. The van der Waals surface area contributed by atoms with Gasteiger partial charge < -0.3 is 13.3 Å². The zero-order chi connectivity index (χ0) is 33.5. The standard InChI is InChI=1S/C44H24N4O3/c1-2-11-26(12-3-1)41-46-42(28-20-21-31-30-14-6-8-16-34(30)49-36(31)23-28)48-43(47-41)33-24-37-39(38-32-15-7-9-17-35(32)50-40(33)38)45-44(51-37)29-19-18-25-10-4-5-13-27(25)22-29/h1-24H. The molecule has 0 N–H and O–H groups in total. The van der Waals surface area contributed by atoms with Gasteiger partial charge in [0.05, 0.1) is 10.9 Å². The van der Waals surface area contributed by atoms with Crippen molar-refractivity contribution < 1.29 is 13.3 Å². The topological polar surface area (TPSA) is 91.0 Å². The third kappa shape index (κ3) is 4.38. The Morgan fingerprint density at radius 2 is 1.04 bits per heavy atom. The van der Waals surface area contributed by atoms with Crippen molar-refractivity contribution >= 4 is 65.7 Å². The smallest absolute Gasteiger partial charge is 0.227 e. The van der Waals surface area contributed by atoms with Crippen LogP contribution in [0.2, 0.25) is 0 Å². The molecule has 7 heteroatoms. The van der Waals surface area contributed by atoms with Gasteiger partial charge in [-0.2, -0.15) is 0 Å². The first-order chi connectivity index (χ1) is 25.2. The van der Waals surface area contributed by atoms with Crippen LogP contribution in [0, 0.1) is 0 Å². The molecule has 0 aliphatic rings. The molecular weight excluding hydrogens is 633 g/mol. The van der Waals surface area contributed by atoms with E-state index in [1.807, 2.05) is 109 Å². The average Bonchev–Trinajstić information content (AvgIpc) is 3.90. The summed E-state index contributed by atoms with van der Waals surface area (Å²) in [5.41, 5.74) is 7.55. The van der Waals surface area contributed by atoms with Gasteiger partial charge in [0.15, 0.2) is 23.1 Å². The fourth-order valence-electron chi connectivity index (χ4n) is 7.09. The maximum atomic E-state index is 6.60. The van der Waals surface area contributed by atoms with Gasteiger partial charge in [-0.15, -0.1) is 0 Å². The number of aromatic nitrogens is 4. The van der Waals surface area contributed by atoms with Crippen LogP contribution in [0.5, 0.6) is 0 Å². The van der Waals surface area contributed by atoms with Gasteiger partial charge >= 0.3 is 0 Å². The summed E-state index contributed by atoms with van der Waals surface area (Å²) in [6, 6.07) is 48.5. The van der Waals surface area contributed by atoms with Gasteiger partial charge in [0, 0.05) is 32.8 Å². The van der Waals surface area contributed by atoms with Crippen LogP contribution in [-0.4, -0.2) is 19.9 Å². The Hall–Kier alpha value is -7.12. The minimum Gasteiger partial charge on any atom is -0.456 e. The zero-order valence-corrected chi connectivity index (χ0v) is 26.9. The first-order valence-electron chi connectivity index (χ1n) is 16.7. The van der Waals surface area contributed by atoms with E-state index in [1.54, 1.807) is 0 Å². The molecule has 0 atom stereocenters.